The first-order valence-electron chi connectivity index (χ1n) is 20.6. The van der Waals surface area contributed by atoms with Crippen molar-refractivity contribution in [2.45, 2.75) is 238 Å². The molecule has 0 fully saturated rings. The molecule has 4 nitrogen and oxygen atoms in total. The quantitative estimate of drug-likeness (QED) is 0.0537. The van der Waals surface area contributed by atoms with Gasteiger partial charge in [0.05, 0.1) is 13.2 Å². The first-order chi connectivity index (χ1) is 22.2. The lowest BCUT2D eigenvalue weighted by Gasteiger charge is -2.16. The number of esters is 1. The Morgan fingerprint density at radius 2 is 0.733 bits per heavy atom. The lowest BCUT2D eigenvalue weighted by Crippen LogP contribution is -2.27. The summed E-state index contributed by atoms with van der Waals surface area (Å²) in [5.41, 5.74) is 0. The van der Waals surface area contributed by atoms with E-state index in [1.54, 1.807) is 0 Å². The molecule has 0 aromatic rings. The molecule has 0 saturated carbocycles. The fourth-order valence-electron chi connectivity index (χ4n) is 6.33. The van der Waals surface area contributed by atoms with Gasteiger partial charge in [0, 0.05) is 13.0 Å². The zero-order chi connectivity index (χ0) is 32.7. The summed E-state index contributed by atoms with van der Waals surface area (Å²) in [6.45, 7) is 5.39. The minimum absolute atomic E-state index is 0.163. The van der Waals surface area contributed by atoms with Gasteiger partial charge in [0.1, 0.15) is 6.10 Å². The van der Waals surface area contributed by atoms with Crippen LogP contribution in [0.5, 0.6) is 0 Å². The Morgan fingerprint density at radius 1 is 0.444 bits per heavy atom. The van der Waals surface area contributed by atoms with Crippen LogP contribution in [0.2, 0.25) is 0 Å². The molecule has 0 saturated heterocycles. The third kappa shape index (κ3) is 37.7. The standard InChI is InChI=1S/C41H82O4/c1-3-5-7-9-11-13-15-17-18-19-20-21-22-23-24-25-27-29-31-33-35-37-44-39-40(38-42)45-41(43)36-34-32-30-28-26-16-14-12-10-8-6-4-2/h40,42H,3-39H2,1-2H3. The maximum absolute atomic E-state index is 12.1. The number of hydrogen-bond donors (Lipinski definition) is 1. The first kappa shape index (κ1) is 44.4. The van der Waals surface area contributed by atoms with Crippen LogP contribution in [-0.2, 0) is 14.3 Å². The maximum Gasteiger partial charge on any atom is 0.306 e. The zero-order valence-corrected chi connectivity index (χ0v) is 30.9. The van der Waals surface area contributed by atoms with E-state index >= 15 is 0 Å². The smallest absolute Gasteiger partial charge is 0.306 e. The van der Waals surface area contributed by atoms with Crippen LogP contribution in [0.15, 0.2) is 0 Å². The van der Waals surface area contributed by atoms with Crippen molar-refractivity contribution in [3.8, 4) is 0 Å². The minimum atomic E-state index is -0.523. The van der Waals surface area contributed by atoms with Gasteiger partial charge in [-0.1, -0.05) is 213 Å². The third-order valence-corrected chi connectivity index (χ3v) is 9.43. The summed E-state index contributed by atoms with van der Waals surface area (Å²) in [6, 6.07) is 0. The van der Waals surface area contributed by atoms with Crippen molar-refractivity contribution in [1.29, 1.82) is 0 Å². The molecular weight excluding hydrogens is 556 g/mol. The Morgan fingerprint density at radius 3 is 1.04 bits per heavy atom. The van der Waals surface area contributed by atoms with Gasteiger partial charge in [0.2, 0.25) is 0 Å². The van der Waals surface area contributed by atoms with Crippen LogP contribution in [0, 0.1) is 0 Å². The van der Waals surface area contributed by atoms with Crippen LogP contribution in [0.25, 0.3) is 0 Å². The average molecular weight is 639 g/mol. The lowest BCUT2D eigenvalue weighted by molar-refractivity contribution is -0.154. The summed E-state index contributed by atoms with van der Waals surface area (Å²) in [6.07, 6.45) is 44.5. The molecule has 0 amide bonds. The number of rotatable bonds is 39. The van der Waals surface area contributed by atoms with Gasteiger partial charge in [-0.2, -0.15) is 0 Å². The van der Waals surface area contributed by atoms with Crippen LogP contribution < -0.4 is 0 Å². The summed E-state index contributed by atoms with van der Waals surface area (Å²) in [5, 5.41) is 9.57. The molecule has 1 unspecified atom stereocenters. The van der Waals surface area contributed by atoms with Crippen molar-refractivity contribution >= 4 is 5.97 Å². The number of hydrogen-bond acceptors (Lipinski definition) is 4. The largest absolute Gasteiger partial charge is 0.457 e. The minimum Gasteiger partial charge on any atom is -0.457 e. The highest BCUT2D eigenvalue weighted by Crippen LogP contribution is 2.16. The zero-order valence-electron chi connectivity index (χ0n) is 30.9. The van der Waals surface area contributed by atoms with Crippen molar-refractivity contribution in [2.24, 2.45) is 0 Å². The molecule has 0 radical (unpaired) electrons. The summed E-state index contributed by atoms with van der Waals surface area (Å²) >= 11 is 0. The van der Waals surface area contributed by atoms with E-state index in [0.29, 0.717) is 19.6 Å². The van der Waals surface area contributed by atoms with E-state index in [0.717, 1.165) is 19.3 Å². The fraction of sp³-hybridized carbons (Fsp3) is 0.976. The fourth-order valence-corrected chi connectivity index (χ4v) is 6.33. The van der Waals surface area contributed by atoms with E-state index in [4.69, 9.17) is 9.47 Å². The Balaban J connectivity index is 3.33. The highest BCUT2D eigenvalue weighted by atomic mass is 16.6. The molecule has 0 rings (SSSR count). The summed E-state index contributed by atoms with van der Waals surface area (Å²) < 4.78 is 11.1. The second kappa shape index (κ2) is 39.6. The van der Waals surface area contributed by atoms with E-state index < -0.39 is 6.10 Å². The van der Waals surface area contributed by atoms with E-state index in [2.05, 4.69) is 13.8 Å². The molecule has 0 aliphatic carbocycles. The van der Waals surface area contributed by atoms with Crippen LogP contribution in [0.4, 0.5) is 0 Å². The van der Waals surface area contributed by atoms with Gasteiger partial charge in [-0.3, -0.25) is 4.79 Å². The summed E-state index contributed by atoms with van der Waals surface area (Å²) in [7, 11) is 0. The number of unbranched alkanes of at least 4 members (excludes halogenated alkanes) is 31. The molecule has 4 heteroatoms. The molecule has 270 valence electrons. The predicted molar refractivity (Wildman–Crippen MR) is 196 cm³/mol. The second-order valence-electron chi connectivity index (χ2n) is 14.1. The Kier molecular flexibility index (Phi) is 39.0. The van der Waals surface area contributed by atoms with Crippen molar-refractivity contribution < 1.29 is 19.4 Å². The number of carbonyl (C=O) groups is 1. The molecular formula is C41H82O4. The monoisotopic (exact) mass is 639 g/mol. The molecule has 45 heavy (non-hydrogen) atoms. The van der Waals surface area contributed by atoms with Gasteiger partial charge in [0.25, 0.3) is 0 Å². The van der Waals surface area contributed by atoms with Crippen LogP contribution >= 0.6 is 0 Å². The Hall–Kier alpha value is -0.610. The van der Waals surface area contributed by atoms with E-state index in [-0.39, 0.29) is 12.6 Å². The molecule has 0 aliphatic rings. The molecule has 0 aromatic carbocycles. The van der Waals surface area contributed by atoms with Gasteiger partial charge in [0.15, 0.2) is 0 Å². The molecule has 1 N–H and O–H groups in total. The first-order valence-corrected chi connectivity index (χ1v) is 20.6. The highest BCUT2D eigenvalue weighted by Gasteiger charge is 2.13. The molecule has 0 spiro atoms. The molecule has 0 aromatic heterocycles. The van der Waals surface area contributed by atoms with E-state index in [1.165, 1.54) is 193 Å². The lowest BCUT2D eigenvalue weighted by atomic mass is 10.0. The molecule has 0 bridgehead atoms. The maximum atomic E-state index is 12.1. The molecule has 1 atom stereocenters. The Labute approximate surface area is 283 Å². The van der Waals surface area contributed by atoms with Gasteiger partial charge in [-0.15, -0.1) is 0 Å². The predicted octanol–water partition coefficient (Wildman–Crippen LogP) is 13.2. The van der Waals surface area contributed by atoms with E-state index in [9.17, 15) is 9.90 Å². The summed E-state index contributed by atoms with van der Waals surface area (Å²) in [5.74, 6) is -0.196. The SMILES string of the molecule is CCCCCCCCCCCCCCCCCCCCCCCOCC(CO)OC(=O)CCCCCCCCCCCCCC. The van der Waals surface area contributed by atoms with Gasteiger partial charge >= 0.3 is 5.97 Å². The average Bonchev–Trinajstić information content (AvgIpc) is 3.05. The van der Waals surface area contributed by atoms with Crippen LogP contribution in [-0.4, -0.2) is 37.0 Å². The number of ether oxygens (including phenoxy) is 2. The topological polar surface area (TPSA) is 55.8 Å². The van der Waals surface area contributed by atoms with Gasteiger partial charge in [-0.05, 0) is 12.8 Å². The third-order valence-electron chi connectivity index (χ3n) is 9.43. The number of aliphatic hydroxyl groups excluding tert-OH is 1. The highest BCUT2D eigenvalue weighted by molar-refractivity contribution is 5.69. The van der Waals surface area contributed by atoms with Gasteiger partial charge in [-0.25, -0.2) is 0 Å². The van der Waals surface area contributed by atoms with Crippen molar-refractivity contribution in [3.05, 3.63) is 0 Å². The molecule has 0 heterocycles. The Bertz CT molecular complexity index is 552. The van der Waals surface area contributed by atoms with E-state index in [1.807, 2.05) is 0 Å². The van der Waals surface area contributed by atoms with Crippen molar-refractivity contribution in [1.82, 2.24) is 0 Å². The number of aliphatic hydroxyl groups is 1. The van der Waals surface area contributed by atoms with Crippen molar-refractivity contribution in [2.75, 3.05) is 19.8 Å². The molecule has 0 aliphatic heterocycles. The number of carbonyl (C=O) groups excluding carboxylic acids is 1. The van der Waals surface area contributed by atoms with Crippen LogP contribution in [0.3, 0.4) is 0 Å². The van der Waals surface area contributed by atoms with Crippen molar-refractivity contribution in [3.63, 3.8) is 0 Å². The summed E-state index contributed by atoms with van der Waals surface area (Å²) in [4.78, 5) is 12.1. The normalized spacial score (nSPS) is 12.2. The second-order valence-corrected chi connectivity index (χ2v) is 14.1. The van der Waals surface area contributed by atoms with Gasteiger partial charge < -0.3 is 14.6 Å². The van der Waals surface area contributed by atoms with Crippen LogP contribution in [0.1, 0.15) is 232 Å².